The Morgan fingerprint density at radius 2 is 1.80 bits per heavy atom. The van der Waals surface area contributed by atoms with Gasteiger partial charge >= 0.3 is 0 Å². The van der Waals surface area contributed by atoms with E-state index in [1.165, 1.54) is 6.92 Å². The molecule has 2 rings (SSSR count). The summed E-state index contributed by atoms with van der Waals surface area (Å²) in [5.41, 5.74) is 2.50. The second-order valence-corrected chi connectivity index (χ2v) is 8.70. The smallest absolute Gasteiger partial charge is 0.208 e. The van der Waals surface area contributed by atoms with Crippen molar-refractivity contribution >= 4 is 21.6 Å². The van der Waals surface area contributed by atoms with Crippen LogP contribution in [0.25, 0.3) is 0 Å². The highest BCUT2D eigenvalue weighted by molar-refractivity contribution is 7.88. The molecule has 1 aromatic heterocycles. The quantitative estimate of drug-likeness (QED) is 0.739. The van der Waals surface area contributed by atoms with Crippen LogP contribution in [0.15, 0.2) is 0 Å². The first kappa shape index (κ1) is 19.8. The Bertz CT molecular complexity index is 774. The van der Waals surface area contributed by atoms with Gasteiger partial charge in [0.1, 0.15) is 0 Å². The van der Waals surface area contributed by atoms with Crippen molar-refractivity contribution in [2.75, 3.05) is 19.3 Å². The zero-order valence-electron chi connectivity index (χ0n) is 15.5. The molecule has 7 nitrogen and oxygen atoms in total. The topological polar surface area (TPSA) is 99.3 Å². The Hall–Kier alpha value is -1.51. The summed E-state index contributed by atoms with van der Waals surface area (Å²) in [6.07, 6.45) is 2.51. The van der Waals surface area contributed by atoms with E-state index in [2.05, 4.69) is 14.6 Å². The Labute approximate surface area is 149 Å². The zero-order valence-corrected chi connectivity index (χ0v) is 16.3. The first-order valence-corrected chi connectivity index (χ1v) is 10.4. The molecule has 0 saturated carbocycles. The number of sulfonamides is 1. The lowest BCUT2D eigenvalue weighted by Gasteiger charge is -2.35. The number of likely N-dealkylation sites (tertiary alicyclic amines) is 1. The van der Waals surface area contributed by atoms with Crippen LogP contribution >= 0.6 is 0 Å². The van der Waals surface area contributed by atoms with Gasteiger partial charge in [-0.3, -0.25) is 14.5 Å². The summed E-state index contributed by atoms with van der Waals surface area (Å²) in [6.45, 7) is 8.25. The second kappa shape index (κ2) is 7.39. The van der Waals surface area contributed by atoms with Gasteiger partial charge in [-0.2, -0.15) is 0 Å². The van der Waals surface area contributed by atoms with Crippen LogP contribution in [-0.4, -0.2) is 61.3 Å². The number of hydrogen-bond acceptors (Lipinski definition) is 5. The number of nitrogens with one attached hydrogen (secondary N) is 2. The predicted molar refractivity (Wildman–Crippen MR) is 96.6 cm³/mol. The standard InChI is InChI=1S/C17H27N3O4S/c1-10-15(13(4)21)11(2)18-16(10)17(22)12(3)20-8-6-14(7-9-20)19-25(5,23)24/h12,14,18-19H,6-9H2,1-5H3/t12-/m1/s1. The van der Waals surface area contributed by atoms with Crippen molar-refractivity contribution in [2.45, 2.75) is 52.6 Å². The minimum Gasteiger partial charge on any atom is -0.355 e. The van der Waals surface area contributed by atoms with E-state index in [0.717, 1.165) is 11.9 Å². The molecule has 1 aliphatic rings. The minimum atomic E-state index is -3.21. The molecule has 1 aromatic rings. The van der Waals surface area contributed by atoms with Crippen molar-refractivity contribution in [1.82, 2.24) is 14.6 Å². The van der Waals surface area contributed by atoms with Gasteiger partial charge in [-0.1, -0.05) is 0 Å². The number of nitrogens with zero attached hydrogens (tertiary/aromatic N) is 1. The predicted octanol–water partition coefficient (Wildman–Crippen LogP) is 1.42. The molecule has 8 heteroatoms. The maximum absolute atomic E-state index is 12.9. The number of carbonyl (C=O) groups is 2. The maximum Gasteiger partial charge on any atom is 0.208 e. The molecule has 0 spiro atoms. The van der Waals surface area contributed by atoms with Crippen LogP contribution in [0.2, 0.25) is 0 Å². The summed E-state index contributed by atoms with van der Waals surface area (Å²) in [5, 5.41) is 0. The van der Waals surface area contributed by atoms with Gasteiger partial charge in [-0.15, -0.1) is 0 Å². The van der Waals surface area contributed by atoms with E-state index in [1.807, 2.05) is 6.92 Å². The van der Waals surface area contributed by atoms with E-state index in [9.17, 15) is 18.0 Å². The summed E-state index contributed by atoms with van der Waals surface area (Å²) < 4.78 is 25.3. The largest absolute Gasteiger partial charge is 0.355 e. The van der Waals surface area contributed by atoms with Crippen LogP contribution in [0, 0.1) is 13.8 Å². The molecule has 140 valence electrons. The molecule has 0 aliphatic carbocycles. The van der Waals surface area contributed by atoms with Crippen molar-refractivity contribution < 1.29 is 18.0 Å². The van der Waals surface area contributed by atoms with E-state index in [-0.39, 0.29) is 23.7 Å². The summed E-state index contributed by atoms with van der Waals surface area (Å²) in [7, 11) is -3.21. The summed E-state index contributed by atoms with van der Waals surface area (Å²) in [5.74, 6) is -0.0896. The highest BCUT2D eigenvalue weighted by Gasteiger charge is 2.30. The Kier molecular flexibility index (Phi) is 5.86. The number of aromatic nitrogens is 1. The maximum atomic E-state index is 12.9. The first-order valence-electron chi connectivity index (χ1n) is 8.47. The second-order valence-electron chi connectivity index (χ2n) is 6.92. The van der Waals surface area contributed by atoms with Crippen LogP contribution in [-0.2, 0) is 10.0 Å². The summed E-state index contributed by atoms with van der Waals surface area (Å²) in [4.78, 5) is 29.7. The summed E-state index contributed by atoms with van der Waals surface area (Å²) >= 11 is 0. The van der Waals surface area contributed by atoms with E-state index in [0.29, 0.717) is 42.8 Å². The van der Waals surface area contributed by atoms with Gasteiger partial charge in [-0.05, 0) is 46.1 Å². The minimum absolute atomic E-state index is 0.0392. The fourth-order valence-electron chi connectivity index (χ4n) is 3.61. The fourth-order valence-corrected chi connectivity index (χ4v) is 4.45. The van der Waals surface area contributed by atoms with E-state index >= 15 is 0 Å². The number of piperidine rings is 1. The van der Waals surface area contributed by atoms with Crippen LogP contribution in [0.5, 0.6) is 0 Å². The Morgan fingerprint density at radius 1 is 1.24 bits per heavy atom. The van der Waals surface area contributed by atoms with Crippen LogP contribution in [0.3, 0.4) is 0 Å². The molecule has 1 fully saturated rings. The van der Waals surface area contributed by atoms with Crippen LogP contribution in [0.1, 0.15) is 58.8 Å². The first-order chi connectivity index (χ1) is 11.5. The third kappa shape index (κ3) is 4.56. The lowest BCUT2D eigenvalue weighted by Crippen LogP contribution is -2.49. The number of ketones is 2. The molecule has 1 saturated heterocycles. The molecule has 2 N–H and O–H groups in total. The van der Waals surface area contributed by atoms with E-state index < -0.39 is 10.0 Å². The third-order valence-electron chi connectivity index (χ3n) is 4.87. The van der Waals surface area contributed by atoms with E-state index in [1.54, 1.807) is 13.8 Å². The van der Waals surface area contributed by atoms with Crippen molar-refractivity contribution in [1.29, 1.82) is 0 Å². The number of Topliss-reactive ketones (excluding diaryl/α,β-unsaturated/α-hetero) is 2. The van der Waals surface area contributed by atoms with Gasteiger partial charge in [0, 0.05) is 30.4 Å². The van der Waals surface area contributed by atoms with E-state index in [4.69, 9.17) is 0 Å². The number of carbonyl (C=O) groups excluding carboxylic acids is 2. The lowest BCUT2D eigenvalue weighted by molar-refractivity contribution is 0.0788. The fraction of sp³-hybridized carbons (Fsp3) is 0.647. The SMILES string of the molecule is CC(=O)c1c(C)[nH]c(C(=O)[C@@H](C)N2CCC(NS(C)(=O)=O)CC2)c1C. The van der Waals surface area contributed by atoms with Crippen molar-refractivity contribution in [3.8, 4) is 0 Å². The molecule has 25 heavy (non-hydrogen) atoms. The number of hydrogen-bond donors (Lipinski definition) is 2. The van der Waals surface area contributed by atoms with Gasteiger partial charge in [-0.25, -0.2) is 13.1 Å². The lowest BCUT2D eigenvalue weighted by atomic mass is 9.99. The average molecular weight is 369 g/mol. The number of aromatic amines is 1. The molecule has 2 heterocycles. The van der Waals surface area contributed by atoms with Gasteiger partial charge in [0.2, 0.25) is 10.0 Å². The molecule has 0 aromatic carbocycles. The molecule has 0 unspecified atom stereocenters. The van der Waals surface area contributed by atoms with Gasteiger partial charge in [0.05, 0.1) is 18.0 Å². The van der Waals surface area contributed by atoms with Crippen LogP contribution < -0.4 is 4.72 Å². The highest BCUT2D eigenvalue weighted by Crippen LogP contribution is 2.22. The Morgan fingerprint density at radius 3 is 2.24 bits per heavy atom. The van der Waals surface area contributed by atoms with Gasteiger partial charge in [0.15, 0.2) is 11.6 Å². The number of H-pyrrole nitrogens is 1. The number of rotatable bonds is 6. The van der Waals surface area contributed by atoms with Crippen molar-refractivity contribution in [2.24, 2.45) is 0 Å². The van der Waals surface area contributed by atoms with Crippen LogP contribution in [0.4, 0.5) is 0 Å². The number of aryl methyl sites for hydroxylation is 1. The monoisotopic (exact) mass is 369 g/mol. The molecule has 0 bridgehead atoms. The molecular weight excluding hydrogens is 342 g/mol. The highest BCUT2D eigenvalue weighted by atomic mass is 32.2. The molecule has 1 aliphatic heterocycles. The molecule has 0 amide bonds. The summed E-state index contributed by atoms with van der Waals surface area (Å²) in [6, 6.07) is -0.400. The average Bonchev–Trinajstić information content (AvgIpc) is 2.79. The van der Waals surface area contributed by atoms with Crippen molar-refractivity contribution in [3.05, 3.63) is 22.5 Å². The molecule has 0 radical (unpaired) electrons. The molecule has 1 atom stereocenters. The molecular formula is C17H27N3O4S. The normalized spacial score (nSPS) is 18.3. The van der Waals surface area contributed by atoms with Gasteiger partial charge < -0.3 is 4.98 Å². The Balaban J connectivity index is 2.07. The third-order valence-corrected chi connectivity index (χ3v) is 5.63. The van der Waals surface area contributed by atoms with Crippen molar-refractivity contribution in [3.63, 3.8) is 0 Å². The zero-order chi connectivity index (χ0) is 18.9. The van der Waals surface area contributed by atoms with Gasteiger partial charge in [0.25, 0.3) is 0 Å².